The van der Waals surface area contributed by atoms with Crippen molar-refractivity contribution in [1.29, 1.82) is 0 Å². The lowest BCUT2D eigenvalue weighted by Gasteiger charge is -2.09. The van der Waals surface area contributed by atoms with Crippen LogP contribution in [0.1, 0.15) is 12.5 Å². The maximum atomic E-state index is 11.9. The third kappa shape index (κ3) is 3.37. The SMILES string of the molecule is CC#CCNS(=O)(=O)c1cc(N)c(Cl)cc1C. The number of hydrogen-bond donors (Lipinski definition) is 2. The van der Waals surface area contributed by atoms with Crippen molar-refractivity contribution in [2.75, 3.05) is 12.3 Å². The zero-order valence-electron chi connectivity index (χ0n) is 9.54. The number of aryl methyl sites for hydroxylation is 1. The molecule has 0 saturated carbocycles. The Morgan fingerprint density at radius 1 is 1.47 bits per heavy atom. The van der Waals surface area contributed by atoms with E-state index in [1.807, 2.05) is 0 Å². The van der Waals surface area contributed by atoms with Crippen LogP contribution >= 0.6 is 11.6 Å². The van der Waals surface area contributed by atoms with E-state index in [2.05, 4.69) is 16.6 Å². The number of rotatable bonds is 3. The fourth-order valence-electron chi connectivity index (χ4n) is 1.26. The molecule has 3 N–H and O–H groups in total. The molecule has 0 fully saturated rings. The van der Waals surface area contributed by atoms with Gasteiger partial charge in [0.05, 0.1) is 22.2 Å². The smallest absolute Gasteiger partial charge is 0.241 e. The van der Waals surface area contributed by atoms with Gasteiger partial charge in [-0.25, -0.2) is 8.42 Å². The van der Waals surface area contributed by atoms with Gasteiger partial charge in [0.2, 0.25) is 10.0 Å². The van der Waals surface area contributed by atoms with E-state index in [0.29, 0.717) is 10.6 Å². The van der Waals surface area contributed by atoms with Crippen molar-refractivity contribution < 1.29 is 8.42 Å². The number of nitrogens with two attached hydrogens (primary N) is 1. The quantitative estimate of drug-likeness (QED) is 0.647. The molecule has 0 spiro atoms. The third-order valence-corrected chi connectivity index (χ3v) is 3.98. The first kappa shape index (κ1) is 13.8. The Hall–Kier alpha value is -1.22. The molecule has 0 aliphatic rings. The van der Waals surface area contributed by atoms with Crippen molar-refractivity contribution >= 4 is 27.3 Å². The second-order valence-corrected chi connectivity index (χ2v) is 5.53. The molecule has 0 atom stereocenters. The summed E-state index contributed by atoms with van der Waals surface area (Å²) >= 11 is 5.80. The van der Waals surface area contributed by atoms with Gasteiger partial charge < -0.3 is 5.73 Å². The number of hydrogen-bond acceptors (Lipinski definition) is 3. The van der Waals surface area contributed by atoms with Crippen molar-refractivity contribution in [3.8, 4) is 11.8 Å². The summed E-state index contributed by atoms with van der Waals surface area (Å²) in [4.78, 5) is 0.123. The second-order valence-electron chi connectivity index (χ2n) is 3.39. The summed E-state index contributed by atoms with van der Waals surface area (Å²) in [6.45, 7) is 3.37. The zero-order chi connectivity index (χ0) is 13.1. The molecule has 4 nitrogen and oxygen atoms in total. The Kier molecular flexibility index (Phi) is 4.40. The van der Waals surface area contributed by atoms with E-state index in [-0.39, 0.29) is 17.1 Å². The van der Waals surface area contributed by atoms with Crippen molar-refractivity contribution in [2.45, 2.75) is 18.7 Å². The van der Waals surface area contributed by atoms with E-state index < -0.39 is 10.0 Å². The Morgan fingerprint density at radius 2 is 2.12 bits per heavy atom. The summed E-state index contributed by atoms with van der Waals surface area (Å²) in [7, 11) is -3.59. The van der Waals surface area contributed by atoms with Crippen LogP contribution in [-0.4, -0.2) is 15.0 Å². The first-order chi connectivity index (χ1) is 7.88. The third-order valence-electron chi connectivity index (χ3n) is 2.11. The molecule has 0 saturated heterocycles. The summed E-state index contributed by atoms with van der Waals surface area (Å²) < 4.78 is 26.2. The van der Waals surface area contributed by atoms with Crippen LogP contribution in [0.3, 0.4) is 0 Å². The summed E-state index contributed by atoms with van der Waals surface area (Å²) in [5.74, 6) is 5.23. The molecule has 1 rings (SSSR count). The molecule has 92 valence electrons. The molecular weight excluding hydrogens is 260 g/mol. The predicted molar refractivity (Wildman–Crippen MR) is 69.2 cm³/mol. The van der Waals surface area contributed by atoms with Crippen LogP contribution in [0.4, 0.5) is 5.69 Å². The van der Waals surface area contributed by atoms with Crippen molar-refractivity contribution in [1.82, 2.24) is 4.72 Å². The van der Waals surface area contributed by atoms with Gasteiger partial charge in [-0.05, 0) is 31.5 Å². The van der Waals surface area contributed by atoms with Crippen LogP contribution in [-0.2, 0) is 10.0 Å². The monoisotopic (exact) mass is 272 g/mol. The van der Waals surface area contributed by atoms with Gasteiger partial charge >= 0.3 is 0 Å². The average molecular weight is 273 g/mol. The Balaban J connectivity index is 3.14. The molecule has 17 heavy (non-hydrogen) atoms. The molecule has 0 aliphatic heterocycles. The molecule has 0 unspecified atom stereocenters. The van der Waals surface area contributed by atoms with E-state index in [0.717, 1.165) is 0 Å². The summed E-state index contributed by atoms with van der Waals surface area (Å²) in [6.07, 6.45) is 0. The summed E-state index contributed by atoms with van der Waals surface area (Å²) in [5, 5.41) is 0.342. The molecule has 0 heterocycles. The Morgan fingerprint density at radius 3 is 2.71 bits per heavy atom. The van der Waals surface area contributed by atoms with Crippen molar-refractivity contribution in [3.63, 3.8) is 0 Å². The topological polar surface area (TPSA) is 72.2 Å². The van der Waals surface area contributed by atoms with Gasteiger partial charge in [-0.2, -0.15) is 4.72 Å². The minimum Gasteiger partial charge on any atom is -0.397 e. The average Bonchev–Trinajstić information content (AvgIpc) is 2.23. The molecule has 0 bridgehead atoms. The fraction of sp³-hybridized carbons (Fsp3) is 0.273. The maximum absolute atomic E-state index is 11.9. The van der Waals surface area contributed by atoms with E-state index in [9.17, 15) is 8.42 Å². The molecule has 1 aromatic carbocycles. The fourth-order valence-corrected chi connectivity index (χ4v) is 2.66. The van der Waals surface area contributed by atoms with E-state index in [1.54, 1.807) is 13.8 Å². The summed E-state index contributed by atoms with van der Waals surface area (Å²) in [5.41, 5.74) is 6.37. The van der Waals surface area contributed by atoms with Crippen LogP contribution in [0, 0.1) is 18.8 Å². The highest BCUT2D eigenvalue weighted by atomic mass is 35.5. The van der Waals surface area contributed by atoms with E-state index in [1.165, 1.54) is 12.1 Å². The lowest BCUT2D eigenvalue weighted by molar-refractivity contribution is 0.585. The lowest BCUT2D eigenvalue weighted by Crippen LogP contribution is -2.24. The van der Waals surface area contributed by atoms with E-state index >= 15 is 0 Å². The standard InChI is InChI=1S/C11H13ClN2O2S/c1-3-4-5-14-17(15,16)11-7-10(13)9(12)6-8(11)2/h6-7,14H,5,13H2,1-2H3. The minimum absolute atomic E-state index is 0.0702. The molecule has 0 aromatic heterocycles. The van der Waals surface area contributed by atoms with Crippen molar-refractivity contribution in [3.05, 3.63) is 22.7 Å². The van der Waals surface area contributed by atoms with Gasteiger partial charge in [0.25, 0.3) is 0 Å². The van der Waals surface area contributed by atoms with Gasteiger partial charge in [-0.1, -0.05) is 17.5 Å². The number of anilines is 1. The van der Waals surface area contributed by atoms with Gasteiger partial charge in [-0.3, -0.25) is 0 Å². The van der Waals surface area contributed by atoms with Crippen molar-refractivity contribution in [2.24, 2.45) is 0 Å². The van der Waals surface area contributed by atoms with Crippen LogP contribution in [0.5, 0.6) is 0 Å². The first-order valence-electron chi connectivity index (χ1n) is 4.83. The Bertz CT molecular complexity index is 585. The van der Waals surface area contributed by atoms with E-state index in [4.69, 9.17) is 17.3 Å². The molecule has 0 radical (unpaired) electrons. The highest BCUT2D eigenvalue weighted by molar-refractivity contribution is 7.89. The second kappa shape index (κ2) is 5.41. The molecule has 0 amide bonds. The Labute approximate surface area is 106 Å². The van der Waals surface area contributed by atoms with Gasteiger partial charge in [0.1, 0.15) is 0 Å². The normalized spacial score (nSPS) is 10.8. The van der Waals surface area contributed by atoms with Gasteiger partial charge in [0, 0.05) is 0 Å². The zero-order valence-corrected chi connectivity index (χ0v) is 11.1. The largest absolute Gasteiger partial charge is 0.397 e. The molecular formula is C11H13ClN2O2S. The number of nitrogen functional groups attached to an aromatic ring is 1. The number of benzene rings is 1. The first-order valence-corrected chi connectivity index (χ1v) is 6.69. The molecule has 1 aromatic rings. The lowest BCUT2D eigenvalue weighted by atomic mass is 10.2. The van der Waals surface area contributed by atoms with Crippen LogP contribution < -0.4 is 10.5 Å². The van der Waals surface area contributed by atoms with Crippen LogP contribution in [0.25, 0.3) is 0 Å². The predicted octanol–water partition coefficient (Wildman–Crippen LogP) is 1.53. The van der Waals surface area contributed by atoms with Gasteiger partial charge in [-0.15, -0.1) is 5.92 Å². The molecule has 0 aliphatic carbocycles. The maximum Gasteiger partial charge on any atom is 0.241 e. The van der Waals surface area contributed by atoms with Crippen LogP contribution in [0.2, 0.25) is 5.02 Å². The number of sulfonamides is 1. The van der Waals surface area contributed by atoms with Crippen LogP contribution in [0.15, 0.2) is 17.0 Å². The summed E-state index contributed by atoms with van der Waals surface area (Å²) in [6, 6.07) is 2.87. The highest BCUT2D eigenvalue weighted by Crippen LogP contribution is 2.25. The minimum atomic E-state index is -3.59. The number of nitrogens with one attached hydrogen (secondary N) is 1. The molecule has 6 heteroatoms. The number of halogens is 1. The highest BCUT2D eigenvalue weighted by Gasteiger charge is 2.17. The van der Waals surface area contributed by atoms with Gasteiger partial charge in [0.15, 0.2) is 0 Å².